The highest BCUT2D eigenvalue weighted by Crippen LogP contribution is 2.68. The van der Waals surface area contributed by atoms with Crippen molar-refractivity contribution in [1.82, 2.24) is 0 Å². The number of hydrogen-bond acceptors (Lipinski definition) is 3. The van der Waals surface area contributed by atoms with E-state index in [0.717, 1.165) is 50.4 Å². The number of halogens is 2. The first-order valence-electron chi connectivity index (χ1n) is 11.6. The van der Waals surface area contributed by atoms with E-state index >= 15 is 0 Å². The number of Topliss-reactive ketones (excluding diaryl/α,β-unsaturated/α-hetero) is 1. The Morgan fingerprint density at radius 2 is 1.72 bits per heavy atom. The molecule has 0 aromatic heterocycles. The number of esters is 1. The average molecular weight is 530 g/mol. The number of ketones is 1. The number of carbonyl (C=O) groups excluding carboxylic acids is 2. The molecule has 0 saturated heterocycles. The van der Waals surface area contributed by atoms with E-state index in [2.05, 4.69) is 45.7 Å². The van der Waals surface area contributed by atoms with E-state index in [0.29, 0.717) is 23.0 Å². The van der Waals surface area contributed by atoms with Crippen molar-refractivity contribution in [3.05, 3.63) is 0 Å². The molecular weight excluding hydrogens is 496 g/mol. The molecule has 0 amide bonds. The van der Waals surface area contributed by atoms with Gasteiger partial charge in [0.05, 0.1) is 8.65 Å². The maximum Gasteiger partial charge on any atom is 0.314 e. The van der Waals surface area contributed by atoms with Gasteiger partial charge < -0.3 is 4.74 Å². The van der Waals surface area contributed by atoms with Crippen molar-refractivity contribution >= 4 is 43.6 Å². The van der Waals surface area contributed by atoms with Gasteiger partial charge in [0.15, 0.2) is 0 Å². The summed E-state index contributed by atoms with van der Waals surface area (Å²) in [5.41, 5.74) is -0.111. The summed E-state index contributed by atoms with van der Waals surface area (Å²) in [6.07, 6.45) is 10.8. The molecule has 5 heteroatoms. The number of ether oxygens (including phenoxy) is 1. The fraction of sp³-hybridized carbons (Fsp3) is 0.917. The van der Waals surface area contributed by atoms with Gasteiger partial charge in [-0.15, -0.1) is 0 Å². The van der Waals surface area contributed by atoms with Crippen LogP contribution >= 0.6 is 31.9 Å². The van der Waals surface area contributed by atoms with E-state index in [1.54, 1.807) is 0 Å². The fourth-order valence-corrected chi connectivity index (χ4v) is 9.44. The van der Waals surface area contributed by atoms with Crippen LogP contribution in [0.3, 0.4) is 0 Å². The third-order valence-electron chi connectivity index (χ3n) is 10.3. The van der Waals surface area contributed by atoms with Crippen LogP contribution in [-0.4, -0.2) is 21.1 Å². The van der Waals surface area contributed by atoms with E-state index in [4.69, 9.17) is 4.74 Å². The van der Waals surface area contributed by atoms with Crippen LogP contribution in [0, 0.1) is 39.9 Å². The van der Waals surface area contributed by atoms with Crippen LogP contribution in [0.2, 0.25) is 0 Å². The molecule has 8 atom stereocenters. The Labute approximate surface area is 191 Å². The maximum atomic E-state index is 12.8. The lowest BCUT2D eigenvalue weighted by molar-refractivity contribution is -0.167. The molecule has 5 saturated carbocycles. The molecular formula is C24H34Br2O3. The summed E-state index contributed by atoms with van der Waals surface area (Å²) in [6.45, 7) is 6.77. The number of alkyl halides is 2. The topological polar surface area (TPSA) is 43.4 Å². The van der Waals surface area contributed by atoms with Crippen molar-refractivity contribution < 1.29 is 14.3 Å². The van der Waals surface area contributed by atoms with Gasteiger partial charge in [0.1, 0.15) is 11.9 Å². The van der Waals surface area contributed by atoms with Crippen molar-refractivity contribution in [3.63, 3.8) is 0 Å². The maximum absolute atomic E-state index is 12.8. The predicted molar refractivity (Wildman–Crippen MR) is 120 cm³/mol. The Bertz CT molecular complexity index is 750. The Morgan fingerprint density at radius 3 is 2.41 bits per heavy atom. The van der Waals surface area contributed by atoms with Crippen molar-refractivity contribution in [2.24, 2.45) is 39.9 Å². The van der Waals surface area contributed by atoms with Crippen LogP contribution in [0.1, 0.15) is 85.0 Å². The summed E-state index contributed by atoms with van der Waals surface area (Å²) in [4.78, 5) is 25.3. The third kappa shape index (κ3) is 2.91. The van der Waals surface area contributed by atoms with E-state index in [1.807, 2.05) is 6.92 Å². The van der Waals surface area contributed by atoms with Crippen LogP contribution in [0.25, 0.3) is 0 Å². The number of rotatable bonds is 2. The quantitative estimate of drug-likeness (QED) is 0.306. The normalized spacial score (nSPS) is 52.9. The van der Waals surface area contributed by atoms with Crippen molar-refractivity contribution in [2.75, 3.05) is 0 Å². The molecule has 0 spiro atoms. The number of fused-ring (bicyclic) bond motifs is 5. The highest BCUT2D eigenvalue weighted by molar-refractivity contribution is 9.25. The second-order valence-corrected chi connectivity index (χ2v) is 15.4. The minimum Gasteiger partial charge on any atom is -0.462 e. The molecule has 0 heterocycles. The molecule has 0 N–H and O–H groups in total. The third-order valence-corrected chi connectivity index (χ3v) is 12.6. The van der Waals surface area contributed by atoms with Gasteiger partial charge in [-0.1, -0.05) is 45.7 Å². The summed E-state index contributed by atoms with van der Waals surface area (Å²) in [7, 11) is 0. The highest BCUT2D eigenvalue weighted by Gasteiger charge is 2.68. The minimum absolute atomic E-state index is 0.0331. The van der Waals surface area contributed by atoms with E-state index < -0.39 is 5.41 Å². The van der Waals surface area contributed by atoms with Crippen LogP contribution in [-0.2, 0) is 14.3 Å². The lowest BCUT2D eigenvalue weighted by atomic mass is 9.45. The van der Waals surface area contributed by atoms with Gasteiger partial charge in [0, 0.05) is 11.8 Å². The van der Waals surface area contributed by atoms with Gasteiger partial charge in [-0.25, -0.2) is 0 Å². The molecule has 5 aliphatic carbocycles. The fourth-order valence-electron chi connectivity index (χ4n) is 8.00. The van der Waals surface area contributed by atoms with Gasteiger partial charge in [0.25, 0.3) is 0 Å². The van der Waals surface area contributed by atoms with Gasteiger partial charge in [-0.3, -0.25) is 9.59 Å². The molecule has 162 valence electrons. The van der Waals surface area contributed by atoms with Crippen molar-refractivity contribution in [2.45, 2.75) is 94.3 Å². The molecule has 5 rings (SSSR count). The van der Waals surface area contributed by atoms with Gasteiger partial charge in [-0.05, 0) is 93.8 Å². The smallest absolute Gasteiger partial charge is 0.314 e. The molecule has 3 nitrogen and oxygen atoms in total. The Balaban J connectivity index is 1.28. The summed E-state index contributed by atoms with van der Waals surface area (Å²) in [5.74, 6) is 3.23. The summed E-state index contributed by atoms with van der Waals surface area (Å²) in [6, 6.07) is 0. The lowest BCUT2D eigenvalue weighted by Crippen LogP contribution is -2.54. The highest BCUT2D eigenvalue weighted by atomic mass is 79.9. The zero-order chi connectivity index (χ0) is 20.8. The second-order valence-electron chi connectivity index (χ2n) is 11.6. The Hall–Kier alpha value is 0.1000. The predicted octanol–water partition coefficient (Wildman–Crippen LogP) is 6.41. The zero-order valence-electron chi connectivity index (χ0n) is 17.9. The lowest BCUT2D eigenvalue weighted by Gasteiger charge is -2.60. The molecule has 0 aromatic carbocycles. The first-order chi connectivity index (χ1) is 13.5. The van der Waals surface area contributed by atoms with Gasteiger partial charge >= 0.3 is 5.97 Å². The average Bonchev–Trinajstić information content (AvgIpc) is 3.03. The van der Waals surface area contributed by atoms with Crippen LogP contribution < -0.4 is 0 Å². The van der Waals surface area contributed by atoms with Crippen molar-refractivity contribution in [3.8, 4) is 0 Å². The standard InChI is InChI=1S/C24H34Br2O3/c1-21-10-8-15(29-20(28)23(3)13-24(23,25)26)12-14(21)4-5-16-17-6-7-19(27)22(17,2)11-9-18(16)21/h14-18H,4-13H2,1-3H3/t14-,15+,16+,17-,18-,21-,22-,23+/m0/s1. The van der Waals surface area contributed by atoms with Gasteiger partial charge in [0.2, 0.25) is 0 Å². The molecule has 0 aliphatic heterocycles. The Kier molecular flexibility index (Phi) is 4.74. The molecule has 0 unspecified atom stereocenters. The number of hydrogen-bond donors (Lipinski definition) is 0. The van der Waals surface area contributed by atoms with Crippen LogP contribution in [0.5, 0.6) is 0 Å². The summed E-state index contributed by atoms with van der Waals surface area (Å²) >= 11 is 7.20. The summed E-state index contributed by atoms with van der Waals surface area (Å²) in [5, 5.41) is 0. The molecule has 0 aromatic rings. The molecule has 5 fully saturated rings. The molecule has 5 aliphatic rings. The SMILES string of the molecule is C[C@]12CC[C@@H](OC(=O)[C@@]3(C)CC3(Br)Br)C[C@@H]1CC[C@H]1[C@@H]2CC[C@]2(C)C(=O)CC[C@@H]12. The number of carbonyl (C=O) groups is 2. The molecule has 29 heavy (non-hydrogen) atoms. The molecule has 0 radical (unpaired) electrons. The van der Waals surface area contributed by atoms with Gasteiger partial charge in [-0.2, -0.15) is 0 Å². The van der Waals surface area contributed by atoms with Crippen molar-refractivity contribution in [1.29, 1.82) is 0 Å². The zero-order valence-corrected chi connectivity index (χ0v) is 21.1. The first kappa shape index (κ1) is 21.0. The second kappa shape index (κ2) is 6.56. The first-order valence-corrected chi connectivity index (χ1v) is 13.2. The van der Waals surface area contributed by atoms with E-state index in [1.165, 1.54) is 25.7 Å². The van der Waals surface area contributed by atoms with Crippen LogP contribution in [0.4, 0.5) is 0 Å². The molecule has 0 bridgehead atoms. The minimum atomic E-state index is -0.436. The largest absolute Gasteiger partial charge is 0.462 e. The summed E-state index contributed by atoms with van der Waals surface area (Å²) < 4.78 is 5.76. The Morgan fingerprint density at radius 1 is 1.00 bits per heavy atom. The van der Waals surface area contributed by atoms with E-state index in [-0.39, 0.29) is 20.7 Å². The van der Waals surface area contributed by atoms with E-state index in [9.17, 15) is 9.59 Å². The van der Waals surface area contributed by atoms with Crippen LogP contribution in [0.15, 0.2) is 0 Å². The monoisotopic (exact) mass is 528 g/mol.